The lowest BCUT2D eigenvalue weighted by atomic mass is 10.0. The van der Waals surface area contributed by atoms with Gasteiger partial charge in [-0.1, -0.05) is 37.3 Å². The predicted octanol–water partition coefficient (Wildman–Crippen LogP) is 3.10. The number of amides is 2. The van der Waals surface area contributed by atoms with Crippen molar-refractivity contribution in [1.82, 2.24) is 5.32 Å². The number of hydrogen-bond donors (Lipinski definition) is 1. The van der Waals surface area contributed by atoms with E-state index in [1.165, 1.54) is 17.7 Å². The fourth-order valence-corrected chi connectivity index (χ4v) is 3.05. The quantitative estimate of drug-likeness (QED) is 0.909. The van der Waals surface area contributed by atoms with Crippen molar-refractivity contribution in [3.05, 3.63) is 66.0 Å². The van der Waals surface area contributed by atoms with Crippen molar-refractivity contribution in [3.63, 3.8) is 0 Å². The topological polar surface area (TPSA) is 49.4 Å². The van der Waals surface area contributed by atoms with E-state index in [4.69, 9.17) is 0 Å². The maximum absolute atomic E-state index is 13.0. The Bertz CT molecular complexity index is 746. The Balaban J connectivity index is 1.56. The standard InChI is InChI=1S/C20H21FN2O2/c1-14(15-5-3-2-4-6-15)12-22-20(25)16-11-19(24)23(13-16)18-9-7-17(21)8-10-18/h2-10,14,16H,11-13H2,1H3,(H,22,25). The molecule has 1 N–H and O–H groups in total. The van der Waals surface area contributed by atoms with Crippen LogP contribution in [0.2, 0.25) is 0 Å². The second-order valence-electron chi connectivity index (χ2n) is 6.44. The first-order valence-electron chi connectivity index (χ1n) is 8.43. The average molecular weight is 340 g/mol. The van der Waals surface area contributed by atoms with E-state index in [0.29, 0.717) is 18.8 Å². The molecule has 1 aliphatic rings. The van der Waals surface area contributed by atoms with Crippen molar-refractivity contribution in [2.75, 3.05) is 18.0 Å². The number of hydrogen-bond acceptors (Lipinski definition) is 2. The van der Waals surface area contributed by atoms with E-state index >= 15 is 0 Å². The van der Waals surface area contributed by atoms with Gasteiger partial charge in [-0.15, -0.1) is 0 Å². The third-order valence-corrected chi connectivity index (χ3v) is 4.59. The van der Waals surface area contributed by atoms with Crippen LogP contribution in [0.25, 0.3) is 0 Å². The largest absolute Gasteiger partial charge is 0.355 e. The predicted molar refractivity (Wildman–Crippen MR) is 94.7 cm³/mol. The number of nitrogens with zero attached hydrogens (tertiary/aromatic N) is 1. The summed E-state index contributed by atoms with van der Waals surface area (Å²) in [5.74, 6) is -0.737. The number of carbonyl (C=O) groups is 2. The second-order valence-corrected chi connectivity index (χ2v) is 6.44. The van der Waals surface area contributed by atoms with E-state index < -0.39 is 0 Å². The average Bonchev–Trinajstić information content (AvgIpc) is 3.02. The van der Waals surface area contributed by atoms with Crippen LogP contribution in [-0.4, -0.2) is 24.9 Å². The molecule has 0 bridgehead atoms. The number of nitrogens with one attached hydrogen (secondary N) is 1. The summed E-state index contributed by atoms with van der Waals surface area (Å²) in [6.45, 7) is 2.92. The third-order valence-electron chi connectivity index (χ3n) is 4.59. The molecule has 25 heavy (non-hydrogen) atoms. The van der Waals surface area contributed by atoms with Gasteiger partial charge < -0.3 is 10.2 Å². The molecule has 1 fully saturated rings. The van der Waals surface area contributed by atoms with E-state index in [1.54, 1.807) is 17.0 Å². The highest BCUT2D eigenvalue weighted by Gasteiger charge is 2.35. The summed E-state index contributed by atoms with van der Waals surface area (Å²) in [7, 11) is 0. The third kappa shape index (κ3) is 4.05. The van der Waals surface area contributed by atoms with Gasteiger partial charge in [0.2, 0.25) is 11.8 Å². The minimum atomic E-state index is -0.375. The number of carbonyl (C=O) groups excluding carboxylic acids is 2. The van der Waals surface area contributed by atoms with E-state index in [1.807, 2.05) is 30.3 Å². The summed E-state index contributed by atoms with van der Waals surface area (Å²) in [6, 6.07) is 15.7. The molecule has 130 valence electrons. The van der Waals surface area contributed by atoms with Crippen LogP contribution in [0.1, 0.15) is 24.8 Å². The number of anilines is 1. The minimum Gasteiger partial charge on any atom is -0.355 e. The molecule has 0 spiro atoms. The molecule has 2 atom stereocenters. The lowest BCUT2D eigenvalue weighted by molar-refractivity contribution is -0.126. The smallest absolute Gasteiger partial charge is 0.227 e. The molecular weight excluding hydrogens is 319 g/mol. The molecule has 2 amide bonds. The van der Waals surface area contributed by atoms with Crippen molar-refractivity contribution in [2.24, 2.45) is 5.92 Å². The number of rotatable bonds is 5. The molecule has 1 aliphatic heterocycles. The molecule has 2 unspecified atom stereocenters. The molecule has 3 rings (SSSR count). The maximum atomic E-state index is 13.0. The molecular formula is C20H21FN2O2. The van der Waals surface area contributed by atoms with Crippen molar-refractivity contribution >= 4 is 17.5 Å². The van der Waals surface area contributed by atoms with Crippen LogP contribution in [0.5, 0.6) is 0 Å². The van der Waals surface area contributed by atoms with Gasteiger partial charge >= 0.3 is 0 Å². The van der Waals surface area contributed by atoms with Crippen LogP contribution in [0.4, 0.5) is 10.1 Å². The molecule has 0 aliphatic carbocycles. The molecule has 1 heterocycles. The molecule has 2 aromatic carbocycles. The van der Waals surface area contributed by atoms with Gasteiger partial charge in [-0.2, -0.15) is 0 Å². The molecule has 0 radical (unpaired) electrons. The van der Waals surface area contributed by atoms with Crippen LogP contribution in [0, 0.1) is 11.7 Å². The number of benzene rings is 2. The van der Waals surface area contributed by atoms with Crippen LogP contribution in [0.3, 0.4) is 0 Å². The molecule has 0 aromatic heterocycles. The Kier molecular flexibility index (Phi) is 5.12. The molecule has 1 saturated heterocycles. The van der Waals surface area contributed by atoms with Gasteiger partial charge in [-0.3, -0.25) is 9.59 Å². The van der Waals surface area contributed by atoms with Gasteiger partial charge in [0, 0.05) is 25.2 Å². The first-order valence-corrected chi connectivity index (χ1v) is 8.43. The van der Waals surface area contributed by atoms with Gasteiger partial charge in [0.1, 0.15) is 5.82 Å². The Morgan fingerprint density at radius 2 is 1.88 bits per heavy atom. The van der Waals surface area contributed by atoms with Crippen LogP contribution < -0.4 is 10.2 Å². The molecule has 2 aromatic rings. The van der Waals surface area contributed by atoms with Crippen molar-refractivity contribution in [3.8, 4) is 0 Å². The molecule has 4 nitrogen and oxygen atoms in total. The highest BCUT2D eigenvalue weighted by molar-refractivity contribution is 6.00. The highest BCUT2D eigenvalue weighted by atomic mass is 19.1. The van der Waals surface area contributed by atoms with Gasteiger partial charge in [-0.25, -0.2) is 4.39 Å². The Hall–Kier alpha value is -2.69. The van der Waals surface area contributed by atoms with Gasteiger partial charge in [-0.05, 0) is 35.7 Å². The van der Waals surface area contributed by atoms with Crippen molar-refractivity contribution < 1.29 is 14.0 Å². The first kappa shape index (κ1) is 17.1. The zero-order valence-corrected chi connectivity index (χ0v) is 14.1. The Morgan fingerprint density at radius 3 is 2.56 bits per heavy atom. The lowest BCUT2D eigenvalue weighted by Gasteiger charge is -2.17. The monoisotopic (exact) mass is 340 g/mol. The molecule has 0 saturated carbocycles. The van der Waals surface area contributed by atoms with Gasteiger partial charge in [0.05, 0.1) is 5.92 Å². The minimum absolute atomic E-state index is 0.108. The highest BCUT2D eigenvalue weighted by Crippen LogP contribution is 2.25. The lowest BCUT2D eigenvalue weighted by Crippen LogP contribution is -2.35. The maximum Gasteiger partial charge on any atom is 0.227 e. The van der Waals surface area contributed by atoms with E-state index in [2.05, 4.69) is 12.2 Å². The summed E-state index contributed by atoms with van der Waals surface area (Å²) in [4.78, 5) is 26.1. The normalized spacial score (nSPS) is 18.2. The fraction of sp³-hybridized carbons (Fsp3) is 0.300. The van der Waals surface area contributed by atoms with E-state index in [9.17, 15) is 14.0 Å². The van der Waals surface area contributed by atoms with Crippen molar-refractivity contribution in [2.45, 2.75) is 19.3 Å². The van der Waals surface area contributed by atoms with E-state index in [0.717, 1.165) is 0 Å². The Morgan fingerprint density at radius 1 is 1.20 bits per heavy atom. The zero-order valence-electron chi connectivity index (χ0n) is 14.1. The number of halogens is 1. The molecule has 5 heteroatoms. The SMILES string of the molecule is CC(CNC(=O)C1CC(=O)N(c2ccc(F)cc2)C1)c1ccccc1. The van der Waals surface area contributed by atoms with Crippen LogP contribution in [0.15, 0.2) is 54.6 Å². The zero-order chi connectivity index (χ0) is 17.8. The first-order chi connectivity index (χ1) is 12.0. The summed E-state index contributed by atoms with van der Waals surface area (Å²) in [5.41, 5.74) is 1.79. The van der Waals surface area contributed by atoms with Crippen LogP contribution in [-0.2, 0) is 9.59 Å². The van der Waals surface area contributed by atoms with Gasteiger partial charge in [0.25, 0.3) is 0 Å². The van der Waals surface area contributed by atoms with Crippen molar-refractivity contribution in [1.29, 1.82) is 0 Å². The fourth-order valence-electron chi connectivity index (χ4n) is 3.05. The second kappa shape index (κ2) is 7.47. The summed E-state index contributed by atoms with van der Waals surface area (Å²) in [5, 5.41) is 2.95. The summed E-state index contributed by atoms with van der Waals surface area (Å²) < 4.78 is 13.0. The van der Waals surface area contributed by atoms with E-state index in [-0.39, 0.29) is 35.9 Å². The summed E-state index contributed by atoms with van der Waals surface area (Å²) in [6.07, 6.45) is 0.183. The Labute approximate surface area is 146 Å². The summed E-state index contributed by atoms with van der Waals surface area (Å²) >= 11 is 0. The van der Waals surface area contributed by atoms with Gasteiger partial charge in [0.15, 0.2) is 0 Å². The van der Waals surface area contributed by atoms with Crippen LogP contribution >= 0.6 is 0 Å².